The van der Waals surface area contributed by atoms with E-state index in [1.54, 1.807) is 24.3 Å². The van der Waals surface area contributed by atoms with Gasteiger partial charge in [-0.3, -0.25) is 0 Å². The zero-order valence-corrected chi connectivity index (χ0v) is 15.6. The van der Waals surface area contributed by atoms with Gasteiger partial charge in [-0.1, -0.05) is 44.9 Å². The number of alkyl halides is 1. The molecule has 130 valence electrons. The number of benzene rings is 1. The summed E-state index contributed by atoms with van der Waals surface area (Å²) in [5, 5.41) is 10.0. The molecule has 1 aliphatic heterocycles. The lowest BCUT2D eigenvalue weighted by atomic mass is 10.0. The van der Waals surface area contributed by atoms with E-state index in [0.717, 1.165) is 12.0 Å². The van der Waals surface area contributed by atoms with Crippen molar-refractivity contribution >= 4 is 21.4 Å². The number of ether oxygens (including phenoxy) is 1. The van der Waals surface area contributed by atoms with Crippen molar-refractivity contribution in [3.05, 3.63) is 29.8 Å². The quantitative estimate of drug-likeness (QED) is 0.598. The lowest BCUT2D eigenvalue weighted by Gasteiger charge is -2.25. The Morgan fingerprint density at radius 2 is 1.87 bits per heavy atom. The van der Waals surface area contributed by atoms with Gasteiger partial charge in [-0.25, -0.2) is 8.42 Å². The smallest absolute Gasteiger partial charge is 0.227 e. The molecule has 4 nitrogen and oxygen atoms in total. The van der Waals surface area contributed by atoms with Crippen LogP contribution >= 0.6 is 11.6 Å². The number of sulfone groups is 1. The zero-order chi connectivity index (χ0) is 17.4. The fourth-order valence-electron chi connectivity index (χ4n) is 2.97. The molecule has 6 heteroatoms. The highest BCUT2D eigenvalue weighted by molar-refractivity contribution is 7.93. The van der Waals surface area contributed by atoms with Crippen molar-refractivity contribution in [1.82, 2.24) is 0 Å². The van der Waals surface area contributed by atoms with Gasteiger partial charge in [0.15, 0.2) is 0 Å². The van der Waals surface area contributed by atoms with Crippen LogP contribution in [0.2, 0.25) is 0 Å². The lowest BCUT2D eigenvalue weighted by Crippen LogP contribution is -2.46. The first-order chi connectivity index (χ1) is 10.7. The molecule has 0 radical (unpaired) electrons. The molecule has 1 N–H and O–H groups in total. The van der Waals surface area contributed by atoms with Gasteiger partial charge in [0.05, 0.1) is 10.3 Å². The molecule has 23 heavy (non-hydrogen) atoms. The summed E-state index contributed by atoms with van der Waals surface area (Å²) in [6.07, 6.45) is -0.523. The second-order valence-electron chi connectivity index (χ2n) is 6.57. The van der Waals surface area contributed by atoms with Crippen LogP contribution in [0.1, 0.15) is 39.2 Å². The molecular weight excluding hydrogens is 336 g/mol. The maximum Gasteiger partial charge on any atom is 0.227 e. The van der Waals surface area contributed by atoms with Crippen molar-refractivity contribution in [2.24, 2.45) is 5.92 Å². The summed E-state index contributed by atoms with van der Waals surface area (Å²) < 4.78 is 31.9. The Bertz CT molecular complexity index is 641. The van der Waals surface area contributed by atoms with Crippen molar-refractivity contribution in [3.63, 3.8) is 0 Å². The minimum Gasteiger partial charge on any atom is -0.387 e. The second kappa shape index (κ2) is 6.71. The number of hydrogen-bond acceptors (Lipinski definition) is 4. The number of aliphatic hydroxyl groups excluding tert-OH is 1. The van der Waals surface area contributed by atoms with Crippen LogP contribution in [0.15, 0.2) is 29.2 Å². The third-order valence-electron chi connectivity index (χ3n) is 4.33. The molecule has 0 saturated carbocycles. The van der Waals surface area contributed by atoms with Gasteiger partial charge in [0, 0.05) is 0 Å². The largest absolute Gasteiger partial charge is 0.387 e. The fourth-order valence-corrected chi connectivity index (χ4v) is 5.60. The van der Waals surface area contributed by atoms with Gasteiger partial charge in [-0.05, 0) is 31.4 Å². The molecule has 0 spiro atoms. The van der Waals surface area contributed by atoms with E-state index < -0.39 is 32.4 Å². The first-order valence-electron chi connectivity index (χ1n) is 7.99. The Kier molecular flexibility index (Phi) is 5.46. The Morgan fingerprint density at radius 3 is 2.30 bits per heavy atom. The van der Waals surface area contributed by atoms with E-state index in [1.807, 2.05) is 27.7 Å². The average molecular weight is 361 g/mol. The van der Waals surface area contributed by atoms with Gasteiger partial charge in [0.2, 0.25) is 14.8 Å². The first-order valence-corrected chi connectivity index (χ1v) is 9.91. The van der Waals surface area contributed by atoms with Crippen LogP contribution in [0.4, 0.5) is 0 Å². The van der Waals surface area contributed by atoms with Crippen molar-refractivity contribution in [2.45, 2.75) is 68.0 Å². The molecule has 4 atom stereocenters. The van der Waals surface area contributed by atoms with Crippen LogP contribution in [0.3, 0.4) is 0 Å². The summed E-state index contributed by atoms with van der Waals surface area (Å²) in [7, 11) is -3.86. The van der Waals surface area contributed by atoms with E-state index in [4.69, 9.17) is 16.3 Å². The van der Waals surface area contributed by atoms with Crippen LogP contribution < -0.4 is 0 Å². The predicted molar refractivity (Wildman–Crippen MR) is 91.4 cm³/mol. The van der Waals surface area contributed by atoms with Gasteiger partial charge in [-0.2, -0.15) is 0 Å². The summed E-state index contributed by atoms with van der Waals surface area (Å²) in [5.41, 5.74) is 0.969. The highest BCUT2D eigenvalue weighted by Crippen LogP contribution is 2.52. The van der Waals surface area contributed by atoms with Gasteiger partial charge >= 0.3 is 0 Å². The molecular formula is C17H25ClO4S. The van der Waals surface area contributed by atoms with E-state index >= 15 is 0 Å². The van der Waals surface area contributed by atoms with Crippen LogP contribution in [-0.4, -0.2) is 36.0 Å². The van der Waals surface area contributed by atoms with E-state index in [9.17, 15) is 13.5 Å². The first kappa shape index (κ1) is 18.7. The molecule has 1 fully saturated rings. The molecule has 1 aromatic rings. The fraction of sp³-hybridized carbons (Fsp3) is 0.647. The van der Waals surface area contributed by atoms with E-state index in [2.05, 4.69) is 0 Å². The summed E-state index contributed by atoms with van der Waals surface area (Å²) in [5.74, 6) is -0.0321. The minimum atomic E-state index is -3.86. The molecule has 0 amide bonds. The standard InChI is InChI=1S/C17H25ClO4S/c1-5-6-14(18)15(19)17(16(22-17)11(2)3)23(20,21)13-9-7-12(4)8-10-13/h7-11,14-16,19H,5-6H2,1-4H3/t14-,15-,16+,17+/m1/s1. The predicted octanol–water partition coefficient (Wildman–Crippen LogP) is 3.29. The van der Waals surface area contributed by atoms with E-state index in [0.29, 0.717) is 6.42 Å². The summed E-state index contributed by atoms with van der Waals surface area (Å²) in [6, 6.07) is 6.59. The maximum absolute atomic E-state index is 13.1. The van der Waals surface area contributed by atoms with Crippen LogP contribution in [0.5, 0.6) is 0 Å². The van der Waals surface area contributed by atoms with Gasteiger partial charge in [-0.15, -0.1) is 11.6 Å². The maximum atomic E-state index is 13.1. The van der Waals surface area contributed by atoms with Crippen molar-refractivity contribution in [1.29, 1.82) is 0 Å². The summed E-state index contributed by atoms with van der Waals surface area (Å²) in [6.45, 7) is 7.60. The highest BCUT2D eigenvalue weighted by atomic mass is 35.5. The van der Waals surface area contributed by atoms with E-state index in [-0.39, 0.29) is 10.8 Å². The molecule has 0 aromatic heterocycles. The van der Waals surface area contributed by atoms with Gasteiger partial charge in [0.1, 0.15) is 12.2 Å². The second-order valence-corrected chi connectivity index (χ2v) is 9.25. The van der Waals surface area contributed by atoms with Crippen molar-refractivity contribution in [3.8, 4) is 0 Å². The third-order valence-corrected chi connectivity index (χ3v) is 7.09. The molecule has 1 heterocycles. The Hall–Kier alpha value is -0.620. The number of hydrogen-bond donors (Lipinski definition) is 1. The summed E-state index contributed by atoms with van der Waals surface area (Å²) >= 11 is 6.25. The molecule has 1 aliphatic rings. The molecule has 1 aromatic carbocycles. The summed E-state index contributed by atoms with van der Waals surface area (Å²) in [4.78, 5) is -1.48. The van der Waals surface area contributed by atoms with Crippen molar-refractivity contribution < 1.29 is 18.3 Å². The Labute approximate surface area is 143 Å². The normalized spacial score (nSPS) is 27.0. The Morgan fingerprint density at radius 1 is 1.30 bits per heavy atom. The van der Waals surface area contributed by atoms with E-state index in [1.165, 1.54) is 0 Å². The number of epoxide rings is 1. The van der Waals surface area contributed by atoms with Crippen molar-refractivity contribution in [2.75, 3.05) is 0 Å². The minimum absolute atomic E-state index is 0.0321. The SMILES string of the molecule is CCC[C@@H](Cl)[C@@H](O)[C@@]1(S(=O)(=O)c2ccc(C)cc2)O[C@H]1C(C)C. The number of rotatable bonds is 7. The molecule has 0 unspecified atom stereocenters. The topological polar surface area (TPSA) is 66.9 Å². The Balaban J connectivity index is 2.45. The number of aryl methyl sites for hydroxylation is 1. The monoisotopic (exact) mass is 360 g/mol. The molecule has 1 saturated heterocycles. The average Bonchev–Trinajstić information content (AvgIpc) is 3.24. The van der Waals surface area contributed by atoms with Crippen LogP contribution in [-0.2, 0) is 14.6 Å². The lowest BCUT2D eigenvalue weighted by molar-refractivity contribution is 0.108. The van der Waals surface area contributed by atoms with Gasteiger partial charge in [0.25, 0.3) is 0 Å². The van der Waals surface area contributed by atoms with Crippen LogP contribution in [0.25, 0.3) is 0 Å². The van der Waals surface area contributed by atoms with Crippen LogP contribution in [0, 0.1) is 12.8 Å². The van der Waals surface area contributed by atoms with Gasteiger partial charge < -0.3 is 9.84 Å². The molecule has 0 bridgehead atoms. The molecule has 0 aliphatic carbocycles. The third kappa shape index (κ3) is 3.16. The number of aliphatic hydroxyl groups is 1. The zero-order valence-electron chi connectivity index (χ0n) is 14.0. The highest BCUT2D eigenvalue weighted by Gasteiger charge is 2.72. The number of halogens is 1. The molecule has 2 rings (SSSR count).